The highest BCUT2D eigenvalue weighted by Gasteiger charge is 2.20. The van der Waals surface area contributed by atoms with Gasteiger partial charge in [0.15, 0.2) is 0 Å². The van der Waals surface area contributed by atoms with Crippen molar-refractivity contribution in [2.75, 3.05) is 19.8 Å². The molecular weight excluding hydrogens is 673 g/mol. The minimum atomic E-state index is -4.08. The van der Waals surface area contributed by atoms with Crippen LogP contribution in [0.15, 0.2) is 51.1 Å². The number of rotatable bonds is 6. The lowest BCUT2D eigenvalue weighted by Gasteiger charge is -2.20. The van der Waals surface area contributed by atoms with Gasteiger partial charge in [-0.1, -0.05) is 60.0 Å². The lowest BCUT2D eigenvalue weighted by atomic mass is 9.95. The third kappa shape index (κ3) is 14.1. The van der Waals surface area contributed by atoms with Gasteiger partial charge in [-0.25, -0.2) is 0 Å². The van der Waals surface area contributed by atoms with E-state index in [2.05, 4.69) is 0 Å². The molecule has 0 saturated carbocycles. The van der Waals surface area contributed by atoms with Gasteiger partial charge >= 0.3 is 0 Å². The molecule has 6 N–H and O–H groups in total. The van der Waals surface area contributed by atoms with E-state index >= 15 is 0 Å². The van der Waals surface area contributed by atoms with Crippen LogP contribution in [-0.4, -0.2) is 74.1 Å². The molecule has 12 nitrogen and oxygen atoms in total. The lowest BCUT2D eigenvalue weighted by molar-refractivity contribution is 0.0200. The number of benzene rings is 3. The largest absolute Gasteiger partial charge is 0.396 e. The molecule has 266 valence electrons. The second kappa shape index (κ2) is 17.6. The molecule has 0 fully saturated rings. The van der Waals surface area contributed by atoms with Gasteiger partial charge < -0.3 is 15.3 Å². The maximum atomic E-state index is 10.9. The molecule has 0 aliphatic heterocycles. The predicted octanol–water partition coefficient (Wildman–Crippen LogP) is 4.55. The van der Waals surface area contributed by atoms with Gasteiger partial charge in [-0.05, 0) is 95.7 Å². The molecule has 0 bridgehead atoms. The normalized spacial score (nSPS) is 11.7. The minimum absolute atomic E-state index is 0.0260. The summed E-state index contributed by atoms with van der Waals surface area (Å²) in [5.74, 6) is 0. The molecule has 0 saturated heterocycles. The molecule has 0 aliphatic rings. The highest BCUT2D eigenvalue weighted by Crippen LogP contribution is 2.23. The highest BCUT2D eigenvalue weighted by atomic mass is 32.2. The summed E-state index contributed by atoms with van der Waals surface area (Å²) >= 11 is 0. The number of aryl methyl sites for hydroxylation is 9. The van der Waals surface area contributed by atoms with Crippen LogP contribution in [0.1, 0.15) is 57.0 Å². The van der Waals surface area contributed by atoms with Gasteiger partial charge in [0.1, 0.15) is 0 Å². The Morgan fingerprint density at radius 2 is 0.574 bits per heavy atom. The van der Waals surface area contributed by atoms with Gasteiger partial charge in [0.25, 0.3) is 30.4 Å². The van der Waals surface area contributed by atoms with E-state index in [-0.39, 0.29) is 34.5 Å². The van der Waals surface area contributed by atoms with E-state index in [1.54, 1.807) is 84.9 Å². The summed E-state index contributed by atoms with van der Waals surface area (Å²) in [4.78, 5) is 0.0781. The Balaban J connectivity index is 0.000000610. The Morgan fingerprint density at radius 1 is 0.426 bits per heavy atom. The van der Waals surface area contributed by atoms with Crippen LogP contribution >= 0.6 is 0 Å². The number of hydrogen-bond donors (Lipinski definition) is 6. The third-order valence-electron chi connectivity index (χ3n) is 6.73. The first-order valence-corrected chi connectivity index (χ1v) is 18.5. The first-order valence-electron chi connectivity index (χ1n) is 14.1. The van der Waals surface area contributed by atoms with Gasteiger partial charge in [0.2, 0.25) is 0 Å². The van der Waals surface area contributed by atoms with Crippen molar-refractivity contribution in [2.24, 2.45) is 5.41 Å². The molecule has 0 amide bonds. The second-order valence-electron chi connectivity index (χ2n) is 11.9. The number of hydrogen-bond acceptors (Lipinski definition) is 9. The Hall–Kier alpha value is -2.73. The number of aliphatic hydroxyl groups excluding tert-OH is 3. The fourth-order valence-corrected chi connectivity index (χ4v) is 7.67. The van der Waals surface area contributed by atoms with E-state index < -0.39 is 35.8 Å². The molecule has 3 rings (SSSR count). The van der Waals surface area contributed by atoms with E-state index in [1.165, 1.54) is 0 Å². The average molecular weight is 721 g/mol. The summed E-state index contributed by atoms with van der Waals surface area (Å²) in [6.07, 6.45) is 0. The molecule has 0 spiro atoms. The Labute approximate surface area is 279 Å². The van der Waals surface area contributed by atoms with Crippen LogP contribution in [-0.2, 0) is 30.4 Å². The summed E-state index contributed by atoms with van der Waals surface area (Å²) in [5, 5.41) is 25.4. The zero-order valence-corrected chi connectivity index (χ0v) is 30.9. The van der Waals surface area contributed by atoms with E-state index in [0.29, 0.717) is 33.4 Å². The topological polar surface area (TPSA) is 224 Å². The molecule has 15 heteroatoms. The van der Waals surface area contributed by atoms with Crippen molar-refractivity contribution in [2.45, 2.75) is 83.9 Å². The van der Waals surface area contributed by atoms with Gasteiger partial charge in [0, 0.05) is 5.41 Å². The minimum Gasteiger partial charge on any atom is -0.396 e. The van der Waals surface area contributed by atoms with Crippen molar-refractivity contribution in [1.29, 1.82) is 0 Å². The van der Waals surface area contributed by atoms with E-state index in [1.807, 2.05) is 20.8 Å². The molecular formula is C32H48O12S3. The molecule has 0 aliphatic carbocycles. The SMILES string of the molecule is CC(CO)(CO)CO.Cc1cc(C)c(S(=O)(=O)O)c(C)c1.Cc1cc(C)c(S(=O)(=O)O)c(C)c1.Cc1cc(C)c(S(=O)(=O)O)c(C)c1. The fourth-order valence-electron chi connectivity index (χ4n) is 4.87. The highest BCUT2D eigenvalue weighted by molar-refractivity contribution is 7.86. The van der Waals surface area contributed by atoms with E-state index in [0.717, 1.165) is 16.7 Å². The monoisotopic (exact) mass is 720 g/mol. The van der Waals surface area contributed by atoms with E-state index in [9.17, 15) is 25.3 Å². The lowest BCUT2D eigenvalue weighted by Crippen LogP contribution is -2.29. The smallest absolute Gasteiger partial charge is 0.295 e. The first kappa shape index (κ1) is 44.3. The molecule has 0 aromatic heterocycles. The van der Waals surface area contributed by atoms with Crippen LogP contribution in [0, 0.1) is 67.7 Å². The zero-order valence-electron chi connectivity index (χ0n) is 28.4. The fraction of sp³-hybridized carbons (Fsp3) is 0.438. The first-order chi connectivity index (χ1) is 21.1. The van der Waals surface area contributed by atoms with Gasteiger partial charge in [-0.15, -0.1) is 0 Å². The Bertz CT molecular complexity index is 1580. The van der Waals surface area contributed by atoms with Gasteiger partial charge in [-0.3, -0.25) is 13.7 Å². The summed E-state index contributed by atoms with van der Waals surface area (Å²) in [6.45, 7) is 16.7. The predicted molar refractivity (Wildman–Crippen MR) is 181 cm³/mol. The Morgan fingerprint density at radius 3 is 0.660 bits per heavy atom. The molecule has 0 heterocycles. The third-order valence-corrected chi connectivity index (χ3v) is 10.2. The van der Waals surface area contributed by atoms with Crippen LogP contribution in [0.3, 0.4) is 0 Å². The maximum Gasteiger partial charge on any atom is 0.295 e. The van der Waals surface area contributed by atoms with Crippen LogP contribution in [0.4, 0.5) is 0 Å². The van der Waals surface area contributed by atoms with Crippen LogP contribution in [0.2, 0.25) is 0 Å². The van der Waals surface area contributed by atoms with E-state index in [4.69, 9.17) is 29.0 Å². The van der Waals surface area contributed by atoms with Crippen LogP contribution < -0.4 is 0 Å². The van der Waals surface area contributed by atoms with Crippen molar-refractivity contribution in [3.63, 3.8) is 0 Å². The number of aliphatic hydroxyl groups is 3. The van der Waals surface area contributed by atoms with Crippen LogP contribution in [0.25, 0.3) is 0 Å². The quantitative estimate of drug-likeness (QED) is 0.193. The molecule has 3 aromatic carbocycles. The standard InChI is InChI=1S/3C9H12O3S.C5H12O3/c3*1-6-4-7(2)9(8(3)5-6)13(10,11)12;1-5(2-6,3-7)4-8/h3*4-5H,1-3H3,(H,10,11,12);6-8H,2-4H2,1H3. The molecule has 3 aromatic rings. The van der Waals surface area contributed by atoms with Crippen molar-refractivity contribution in [3.8, 4) is 0 Å². The zero-order chi connectivity index (χ0) is 37.3. The Kier molecular flexibility index (Phi) is 16.6. The van der Waals surface area contributed by atoms with Gasteiger partial charge in [0.05, 0.1) is 34.5 Å². The van der Waals surface area contributed by atoms with Crippen molar-refractivity contribution >= 4 is 30.4 Å². The molecule has 0 radical (unpaired) electrons. The summed E-state index contributed by atoms with van der Waals surface area (Å²) in [5.41, 5.74) is 5.76. The summed E-state index contributed by atoms with van der Waals surface area (Å²) in [7, 11) is -12.2. The van der Waals surface area contributed by atoms with Crippen LogP contribution in [0.5, 0.6) is 0 Å². The molecule has 47 heavy (non-hydrogen) atoms. The average Bonchev–Trinajstić information content (AvgIpc) is 2.85. The van der Waals surface area contributed by atoms with Gasteiger partial charge in [-0.2, -0.15) is 25.3 Å². The maximum absolute atomic E-state index is 10.9. The molecule has 0 unspecified atom stereocenters. The second-order valence-corrected chi connectivity index (χ2v) is 16.0. The van der Waals surface area contributed by atoms with Crippen molar-refractivity contribution in [1.82, 2.24) is 0 Å². The van der Waals surface area contributed by atoms with Crippen molar-refractivity contribution < 1.29 is 54.2 Å². The summed E-state index contributed by atoms with van der Waals surface area (Å²) < 4.78 is 92.4. The summed E-state index contributed by atoms with van der Waals surface area (Å²) in [6, 6.07) is 10.4. The molecule has 0 atom stereocenters. The van der Waals surface area contributed by atoms with Crippen molar-refractivity contribution in [3.05, 3.63) is 86.5 Å².